The Morgan fingerprint density at radius 1 is 1.06 bits per heavy atom. The smallest absolute Gasteiger partial charge is 0.270 e. The molecule has 0 radical (unpaired) electrons. The van der Waals surface area contributed by atoms with Crippen molar-refractivity contribution in [1.82, 2.24) is 14.8 Å². The van der Waals surface area contributed by atoms with E-state index in [-0.39, 0.29) is 17.9 Å². The lowest BCUT2D eigenvalue weighted by Crippen LogP contribution is -2.24. The molecule has 0 aliphatic carbocycles. The van der Waals surface area contributed by atoms with E-state index >= 15 is 0 Å². The van der Waals surface area contributed by atoms with E-state index in [9.17, 15) is 15.4 Å². The fourth-order valence-electron chi connectivity index (χ4n) is 3.43. The summed E-state index contributed by atoms with van der Waals surface area (Å²) in [6.45, 7) is 0.258. The molecular weight excluding hydrogens is 442 g/mol. The molecule has 0 fully saturated rings. The largest absolute Gasteiger partial charge is 0.485 e. The van der Waals surface area contributed by atoms with Crippen molar-refractivity contribution < 1.29 is 14.4 Å². The highest BCUT2D eigenvalue weighted by Crippen LogP contribution is 2.38. The summed E-state index contributed by atoms with van der Waals surface area (Å²) in [6.07, 6.45) is -0.505. The van der Waals surface area contributed by atoms with Crippen LogP contribution in [0.4, 0.5) is 5.69 Å². The van der Waals surface area contributed by atoms with Crippen LogP contribution in [0.25, 0.3) is 5.69 Å². The van der Waals surface area contributed by atoms with Crippen LogP contribution >= 0.6 is 11.8 Å². The Balaban J connectivity index is 1.55. The minimum Gasteiger partial charge on any atom is -0.485 e. The van der Waals surface area contributed by atoms with Crippen LogP contribution in [0, 0.1) is 21.4 Å². The van der Waals surface area contributed by atoms with Crippen LogP contribution in [0.3, 0.4) is 0 Å². The highest BCUT2D eigenvalue weighted by molar-refractivity contribution is 7.99. The van der Waals surface area contributed by atoms with Crippen LogP contribution in [0.5, 0.6) is 11.5 Å². The molecule has 0 unspecified atom stereocenters. The first-order valence-electron chi connectivity index (χ1n) is 9.89. The van der Waals surface area contributed by atoms with Crippen molar-refractivity contribution in [1.29, 1.82) is 5.26 Å². The van der Waals surface area contributed by atoms with Crippen LogP contribution in [0.15, 0.2) is 82.8 Å². The Kier molecular flexibility index (Phi) is 5.38. The predicted octanol–water partition coefficient (Wildman–Crippen LogP) is 4.71. The molecule has 10 heteroatoms. The van der Waals surface area contributed by atoms with Gasteiger partial charge in [-0.3, -0.25) is 14.7 Å². The number of nitro benzene ring substituents is 1. The highest BCUT2D eigenvalue weighted by atomic mass is 32.2. The fourth-order valence-corrected chi connectivity index (χ4v) is 4.35. The van der Waals surface area contributed by atoms with E-state index < -0.39 is 11.0 Å². The minimum atomic E-state index is -0.530. The third-order valence-electron chi connectivity index (χ3n) is 4.97. The zero-order valence-electron chi connectivity index (χ0n) is 17.0. The number of aromatic nitrogens is 3. The normalized spacial score (nSPS) is 14.5. The molecule has 33 heavy (non-hydrogen) atoms. The summed E-state index contributed by atoms with van der Waals surface area (Å²) >= 11 is 1.20. The van der Waals surface area contributed by atoms with Crippen molar-refractivity contribution in [3.05, 3.63) is 94.3 Å². The third kappa shape index (κ3) is 3.97. The van der Waals surface area contributed by atoms with E-state index in [1.54, 1.807) is 6.07 Å². The quantitative estimate of drug-likeness (QED) is 0.312. The maximum absolute atomic E-state index is 11.1. The number of nitrogens with zero attached hydrogens (tertiary/aromatic N) is 5. The number of rotatable bonds is 5. The van der Waals surface area contributed by atoms with Gasteiger partial charge in [0.1, 0.15) is 12.7 Å². The number of hydrogen-bond donors (Lipinski definition) is 0. The summed E-state index contributed by atoms with van der Waals surface area (Å²) in [5.74, 6) is 1.82. The summed E-state index contributed by atoms with van der Waals surface area (Å²) in [5.41, 5.74) is 0.847. The summed E-state index contributed by atoms with van der Waals surface area (Å²) in [5, 5.41) is 29.8. The summed E-state index contributed by atoms with van der Waals surface area (Å²) in [4.78, 5) is 11.1. The molecule has 3 aromatic carbocycles. The molecule has 0 spiro atoms. The van der Waals surface area contributed by atoms with Gasteiger partial charge in [-0.1, -0.05) is 30.3 Å². The lowest BCUT2D eigenvalue weighted by Gasteiger charge is -2.26. The topological polar surface area (TPSA) is 116 Å². The number of nitriles is 1. The molecule has 2 heterocycles. The van der Waals surface area contributed by atoms with Crippen molar-refractivity contribution in [2.24, 2.45) is 0 Å². The molecule has 1 atom stereocenters. The molecule has 1 aromatic heterocycles. The van der Waals surface area contributed by atoms with Gasteiger partial charge in [-0.15, -0.1) is 10.2 Å². The SMILES string of the molecule is N#Cc1cc([N+](=O)[O-])ccc1Sc1nnc([C@@H]2COc3ccccc3O2)n1-c1ccccc1. The minimum absolute atomic E-state index is 0.146. The van der Waals surface area contributed by atoms with Gasteiger partial charge in [0.05, 0.1) is 10.5 Å². The summed E-state index contributed by atoms with van der Waals surface area (Å²) in [6, 6.07) is 23.1. The van der Waals surface area contributed by atoms with Gasteiger partial charge in [0, 0.05) is 22.7 Å². The lowest BCUT2D eigenvalue weighted by atomic mass is 10.2. The molecule has 9 nitrogen and oxygen atoms in total. The summed E-state index contributed by atoms with van der Waals surface area (Å²) < 4.78 is 13.8. The maximum Gasteiger partial charge on any atom is 0.270 e. The van der Waals surface area contributed by atoms with E-state index in [0.29, 0.717) is 27.4 Å². The van der Waals surface area contributed by atoms with Crippen molar-refractivity contribution in [2.75, 3.05) is 6.61 Å². The Bertz CT molecular complexity index is 1380. The Morgan fingerprint density at radius 2 is 1.82 bits per heavy atom. The van der Waals surface area contributed by atoms with Crippen molar-refractivity contribution in [2.45, 2.75) is 16.2 Å². The second-order valence-electron chi connectivity index (χ2n) is 7.03. The van der Waals surface area contributed by atoms with Gasteiger partial charge in [-0.05, 0) is 42.1 Å². The van der Waals surface area contributed by atoms with Gasteiger partial charge in [0.2, 0.25) is 5.16 Å². The third-order valence-corrected chi connectivity index (χ3v) is 5.99. The second kappa shape index (κ2) is 8.64. The standard InChI is InChI=1S/C23H15N5O4S/c24-13-15-12-17(28(29)30)10-11-21(15)33-23-26-25-22(27(23)16-6-2-1-3-7-16)20-14-31-18-8-4-5-9-19(18)32-20/h1-12,20H,14H2/t20-/m0/s1. The molecule has 5 rings (SSSR count). The number of nitro groups is 1. The van der Waals surface area contributed by atoms with Gasteiger partial charge in [-0.2, -0.15) is 5.26 Å². The van der Waals surface area contributed by atoms with Crippen molar-refractivity contribution >= 4 is 17.4 Å². The molecule has 1 aliphatic heterocycles. The molecular formula is C23H15N5O4S. The average Bonchev–Trinajstić information content (AvgIpc) is 3.28. The van der Waals surface area contributed by atoms with Crippen LogP contribution in [-0.4, -0.2) is 26.3 Å². The van der Waals surface area contributed by atoms with Crippen LogP contribution in [0.2, 0.25) is 0 Å². The number of hydrogen-bond acceptors (Lipinski definition) is 8. The zero-order chi connectivity index (χ0) is 22.8. The number of non-ortho nitro benzene ring substituents is 1. The second-order valence-corrected chi connectivity index (χ2v) is 8.04. The van der Waals surface area contributed by atoms with Crippen LogP contribution < -0.4 is 9.47 Å². The highest BCUT2D eigenvalue weighted by Gasteiger charge is 2.29. The van der Waals surface area contributed by atoms with Gasteiger partial charge in [0.25, 0.3) is 5.69 Å². The van der Waals surface area contributed by atoms with E-state index in [1.807, 2.05) is 65.2 Å². The average molecular weight is 457 g/mol. The monoisotopic (exact) mass is 457 g/mol. The van der Waals surface area contributed by atoms with E-state index in [0.717, 1.165) is 5.69 Å². The predicted molar refractivity (Wildman–Crippen MR) is 119 cm³/mol. The van der Waals surface area contributed by atoms with E-state index in [4.69, 9.17) is 9.47 Å². The number of benzene rings is 3. The maximum atomic E-state index is 11.1. The Hall–Kier alpha value is -4.36. The fraction of sp³-hybridized carbons (Fsp3) is 0.0870. The number of ether oxygens (including phenoxy) is 2. The molecule has 0 saturated carbocycles. The van der Waals surface area contributed by atoms with Gasteiger partial charge >= 0.3 is 0 Å². The number of fused-ring (bicyclic) bond motifs is 1. The molecule has 1 aliphatic rings. The van der Waals surface area contributed by atoms with Crippen LogP contribution in [-0.2, 0) is 0 Å². The molecule has 0 bridgehead atoms. The first kappa shape index (κ1) is 20.5. The molecule has 162 valence electrons. The Labute approximate surface area is 192 Å². The number of para-hydroxylation sites is 3. The Morgan fingerprint density at radius 3 is 2.58 bits per heavy atom. The molecule has 0 saturated heterocycles. The lowest BCUT2D eigenvalue weighted by molar-refractivity contribution is -0.384. The molecule has 0 N–H and O–H groups in total. The van der Waals surface area contributed by atoms with Gasteiger partial charge in [0.15, 0.2) is 23.4 Å². The van der Waals surface area contributed by atoms with Crippen LogP contribution in [0.1, 0.15) is 17.5 Å². The zero-order valence-corrected chi connectivity index (χ0v) is 17.8. The first-order valence-corrected chi connectivity index (χ1v) is 10.7. The first-order chi connectivity index (χ1) is 16.1. The van der Waals surface area contributed by atoms with Crippen molar-refractivity contribution in [3.63, 3.8) is 0 Å². The van der Waals surface area contributed by atoms with E-state index in [2.05, 4.69) is 10.2 Å². The van der Waals surface area contributed by atoms with E-state index in [1.165, 1.54) is 23.9 Å². The van der Waals surface area contributed by atoms with Gasteiger partial charge < -0.3 is 9.47 Å². The van der Waals surface area contributed by atoms with Gasteiger partial charge in [-0.25, -0.2) is 0 Å². The molecule has 4 aromatic rings. The molecule has 0 amide bonds. The van der Waals surface area contributed by atoms with Crippen molar-refractivity contribution in [3.8, 4) is 23.3 Å². The summed E-state index contributed by atoms with van der Waals surface area (Å²) in [7, 11) is 0.